The van der Waals surface area contributed by atoms with Crippen molar-refractivity contribution in [2.75, 3.05) is 27.2 Å². The number of hydrogen-bond donors (Lipinski definition) is 2. The fraction of sp³-hybridized carbons (Fsp3) is 0.611. The van der Waals surface area contributed by atoms with E-state index in [4.69, 9.17) is 4.99 Å². The molecule has 0 bridgehead atoms. The van der Waals surface area contributed by atoms with Crippen LogP contribution >= 0.6 is 0 Å². The van der Waals surface area contributed by atoms with Gasteiger partial charge in [-0.2, -0.15) is 0 Å². The predicted molar refractivity (Wildman–Crippen MR) is 96.3 cm³/mol. The van der Waals surface area contributed by atoms with E-state index in [1.54, 1.807) is 0 Å². The zero-order valence-corrected chi connectivity index (χ0v) is 14.9. The van der Waals surface area contributed by atoms with E-state index < -0.39 is 0 Å². The lowest BCUT2D eigenvalue weighted by Gasteiger charge is -2.25. The molecule has 1 rings (SSSR count). The summed E-state index contributed by atoms with van der Waals surface area (Å²) in [4.78, 5) is 7.00. The van der Waals surface area contributed by atoms with Crippen LogP contribution < -0.4 is 10.6 Å². The van der Waals surface area contributed by atoms with Gasteiger partial charge >= 0.3 is 0 Å². The molecule has 1 aromatic rings. The Balaban J connectivity index is 2.81. The minimum Gasteiger partial charge on any atom is -0.357 e. The largest absolute Gasteiger partial charge is 0.357 e. The zero-order chi connectivity index (χ0) is 16.5. The average molecular weight is 304 g/mol. The third-order valence-electron chi connectivity index (χ3n) is 3.94. The van der Waals surface area contributed by atoms with Gasteiger partial charge in [0.2, 0.25) is 0 Å². The topological polar surface area (TPSA) is 39.7 Å². The second-order valence-electron chi connectivity index (χ2n) is 6.29. The summed E-state index contributed by atoms with van der Waals surface area (Å²) in [5, 5.41) is 6.82. The van der Waals surface area contributed by atoms with Crippen molar-refractivity contribution in [2.24, 2.45) is 10.9 Å². The zero-order valence-electron chi connectivity index (χ0n) is 14.9. The highest BCUT2D eigenvalue weighted by molar-refractivity contribution is 5.80. The molecule has 124 valence electrons. The minimum atomic E-state index is 0.283. The highest BCUT2D eigenvalue weighted by Gasteiger charge is 2.14. The molecule has 0 saturated carbocycles. The van der Waals surface area contributed by atoms with Gasteiger partial charge in [-0.15, -0.1) is 0 Å². The molecule has 2 N–H and O–H groups in total. The molecule has 0 aliphatic rings. The van der Waals surface area contributed by atoms with Gasteiger partial charge in [0.15, 0.2) is 5.96 Å². The van der Waals surface area contributed by atoms with Gasteiger partial charge in [-0.3, -0.25) is 4.99 Å². The quantitative estimate of drug-likeness (QED) is 0.601. The molecule has 22 heavy (non-hydrogen) atoms. The van der Waals surface area contributed by atoms with Crippen LogP contribution in [0.25, 0.3) is 0 Å². The molecule has 0 aliphatic carbocycles. The maximum absolute atomic E-state index is 4.79. The summed E-state index contributed by atoms with van der Waals surface area (Å²) in [6, 6.07) is 11.2. The molecule has 0 spiro atoms. The molecule has 0 fully saturated rings. The third kappa shape index (κ3) is 6.06. The molecular formula is C18H32N4. The number of rotatable bonds is 7. The summed E-state index contributed by atoms with van der Waals surface area (Å²) in [6.07, 6.45) is 0. The first kappa shape index (κ1) is 18.5. The summed E-state index contributed by atoms with van der Waals surface area (Å²) >= 11 is 0. The Kier molecular flexibility index (Phi) is 7.96. The van der Waals surface area contributed by atoms with Crippen LogP contribution in [-0.2, 0) is 0 Å². The van der Waals surface area contributed by atoms with Crippen LogP contribution in [0.3, 0.4) is 0 Å². The molecule has 0 aromatic heterocycles. The Morgan fingerprint density at radius 1 is 1.14 bits per heavy atom. The summed E-state index contributed by atoms with van der Waals surface area (Å²) in [6.45, 7) is 10.3. The molecule has 4 heteroatoms. The first-order chi connectivity index (χ1) is 10.5. The van der Waals surface area contributed by atoms with Gasteiger partial charge in [0.05, 0.1) is 12.6 Å². The van der Waals surface area contributed by atoms with Crippen molar-refractivity contribution in [2.45, 2.75) is 39.8 Å². The molecular weight excluding hydrogens is 272 g/mol. The van der Waals surface area contributed by atoms with E-state index in [1.807, 2.05) is 0 Å². The van der Waals surface area contributed by atoms with E-state index >= 15 is 0 Å². The Labute approximate surface area is 136 Å². The van der Waals surface area contributed by atoms with E-state index in [0.717, 1.165) is 19.0 Å². The van der Waals surface area contributed by atoms with E-state index in [-0.39, 0.29) is 6.04 Å². The summed E-state index contributed by atoms with van der Waals surface area (Å²) in [5.41, 5.74) is 1.30. The van der Waals surface area contributed by atoms with Crippen LogP contribution in [0.15, 0.2) is 35.3 Å². The summed E-state index contributed by atoms with van der Waals surface area (Å²) in [7, 11) is 4.20. The maximum atomic E-state index is 4.79. The van der Waals surface area contributed by atoms with Crippen LogP contribution in [0.1, 0.15) is 39.3 Å². The van der Waals surface area contributed by atoms with Gasteiger partial charge in [0, 0.05) is 12.6 Å². The van der Waals surface area contributed by atoms with Gasteiger partial charge in [-0.05, 0) is 39.4 Å². The number of hydrogen-bond acceptors (Lipinski definition) is 2. The molecule has 0 aliphatic heterocycles. The lowest BCUT2D eigenvalue weighted by molar-refractivity contribution is 0.306. The second kappa shape index (κ2) is 9.46. The van der Waals surface area contributed by atoms with E-state index in [2.05, 4.69) is 87.7 Å². The van der Waals surface area contributed by atoms with Gasteiger partial charge in [0.25, 0.3) is 0 Å². The lowest BCUT2D eigenvalue weighted by atomic mass is 10.1. The highest BCUT2D eigenvalue weighted by atomic mass is 15.2. The van der Waals surface area contributed by atoms with Crippen LogP contribution in [-0.4, -0.2) is 44.1 Å². The molecule has 0 amide bonds. The second-order valence-corrected chi connectivity index (χ2v) is 6.29. The Morgan fingerprint density at radius 3 is 2.27 bits per heavy atom. The van der Waals surface area contributed by atoms with Crippen LogP contribution in [0.5, 0.6) is 0 Å². The maximum Gasteiger partial charge on any atom is 0.191 e. The van der Waals surface area contributed by atoms with E-state index in [0.29, 0.717) is 12.0 Å². The third-order valence-corrected chi connectivity index (χ3v) is 3.94. The number of guanidine groups is 1. The van der Waals surface area contributed by atoms with Crippen molar-refractivity contribution in [1.82, 2.24) is 15.5 Å². The first-order valence-corrected chi connectivity index (χ1v) is 8.21. The molecule has 1 aromatic carbocycles. The van der Waals surface area contributed by atoms with Gasteiger partial charge in [0.1, 0.15) is 0 Å². The molecule has 0 radical (unpaired) electrons. The molecule has 2 atom stereocenters. The van der Waals surface area contributed by atoms with E-state index in [1.165, 1.54) is 5.56 Å². The number of nitrogens with one attached hydrogen (secondary N) is 2. The fourth-order valence-corrected chi connectivity index (χ4v) is 2.12. The Morgan fingerprint density at radius 2 is 1.77 bits per heavy atom. The fourth-order valence-electron chi connectivity index (χ4n) is 2.12. The highest BCUT2D eigenvalue weighted by Crippen LogP contribution is 2.18. The summed E-state index contributed by atoms with van der Waals surface area (Å²) in [5.74, 6) is 1.47. The van der Waals surface area contributed by atoms with Crippen molar-refractivity contribution in [3.63, 3.8) is 0 Å². The molecule has 0 saturated heterocycles. The van der Waals surface area contributed by atoms with Crippen LogP contribution in [0.4, 0.5) is 0 Å². The van der Waals surface area contributed by atoms with Gasteiger partial charge in [-0.25, -0.2) is 0 Å². The first-order valence-electron chi connectivity index (χ1n) is 8.21. The Bertz CT molecular complexity index is 440. The van der Waals surface area contributed by atoms with Crippen molar-refractivity contribution in [3.8, 4) is 0 Å². The van der Waals surface area contributed by atoms with Gasteiger partial charge in [-0.1, -0.05) is 44.2 Å². The van der Waals surface area contributed by atoms with Crippen molar-refractivity contribution >= 4 is 5.96 Å². The monoisotopic (exact) mass is 304 g/mol. The lowest BCUT2D eigenvalue weighted by Crippen LogP contribution is -2.44. The average Bonchev–Trinajstić information content (AvgIpc) is 2.48. The van der Waals surface area contributed by atoms with E-state index in [9.17, 15) is 0 Å². The van der Waals surface area contributed by atoms with Crippen LogP contribution in [0.2, 0.25) is 0 Å². The SMILES string of the molecule is CCNC(=NCC(c1ccccc1)N(C)C)NC(C)C(C)C. The molecule has 4 nitrogen and oxygen atoms in total. The van der Waals surface area contributed by atoms with Crippen molar-refractivity contribution in [3.05, 3.63) is 35.9 Å². The minimum absolute atomic E-state index is 0.283. The number of likely N-dealkylation sites (N-methyl/N-ethyl adjacent to an activating group) is 1. The van der Waals surface area contributed by atoms with Crippen molar-refractivity contribution < 1.29 is 0 Å². The number of benzene rings is 1. The van der Waals surface area contributed by atoms with Crippen LogP contribution in [0, 0.1) is 5.92 Å². The van der Waals surface area contributed by atoms with Crippen molar-refractivity contribution in [1.29, 1.82) is 0 Å². The predicted octanol–water partition coefficient (Wildman–Crippen LogP) is 2.89. The summed E-state index contributed by atoms with van der Waals surface area (Å²) < 4.78 is 0. The standard InChI is InChI=1S/C18H32N4/c1-7-19-18(21-15(4)14(2)3)20-13-17(22(5)6)16-11-9-8-10-12-16/h8-12,14-15,17H,7,13H2,1-6H3,(H2,19,20,21). The normalized spacial score (nSPS) is 15.0. The number of nitrogens with zero attached hydrogens (tertiary/aromatic N) is 2. The van der Waals surface area contributed by atoms with Gasteiger partial charge < -0.3 is 15.5 Å². The molecule has 0 heterocycles. The molecule has 2 unspecified atom stereocenters. The smallest absolute Gasteiger partial charge is 0.191 e. The number of aliphatic imine (C=N–C) groups is 1. The Hall–Kier alpha value is -1.55.